The van der Waals surface area contributed by atoms with Gasteiger partial charge in [-0.25, -0.2) is 4.98 Å². The molecule has 0 fully saturated rings. The first-order chi connectivity index (χ1) is 9.61. The van der Waals surface area contributed by atoms with Crippen molar-refractivity contribution >= 4 is 40.0 Å². The van der Waals surface area contributed by atoms with E-state index in [2.05, 4.69) is 10.3 Å². The van der Waals surface area contributed by atoms with E-state index < -0.39 is 0 Å². The monoisotopic (exact) mass is 306 g/mol. The molecule has 102 valence electrons. The van der Waals surface area contributed by atoms with Crippen LogP contribution in [-0.2, 0) is 6.54 Å². The zero-order chi connectivity index (χ0) is 14.1. The zero-order valence-electron chi connectivity index (χ0n) is 10.8. The summed E-state index contributed by atoms with van der Waals surface area (Å²) < 4.78 is 5.44. The van der Waals surface area contributed by atoms with Crippen LogP contribution >= 0.6 is 23.2 Å². The Hall–Kier alpha value is -1.71. The van der Waals surface area contributed by atoms with E-state index in [1.165, 1.54) is 0 Å². The predicted octanol–water partition coefficient (Wildman–Crippen LogP) is 5.06. The molecular formula is C15H12Cl2N2O. The van der Waals surface area contributed by atoms with Gasteiger partial charge in [0, 0.05) is 29.2 Å². The summed E-state index contributed by atoms with van der Waals surface area (Å²) in [6.07, 6.45) is 0. The minimum atomic E-state index is 0.623. The third-order valence-corrected chi connectivity index (χ3v) is 3.58. The van der Waals surface area contributed by atoms with E-state index in [1.807, 2.05) is 37.3 Å². The Morgan fingerprint density at radius 2 is 2.00 bits per heavy atom. The average Bonchev–Trinajstić information content (AvgIpc) is 2.77. The van der Waals surface area contributed by atoms with Gasteiger partial charge in [-0.1, -0.05) is 29.3 Å². The number of nitrogens with zero attached hydrogens (tertiary/aromatic N) is 1. The summed E-state index contributed by atoms with van der Waals surface area (Å²) in [6, 6.07) is 11.3. The maximum Gasteiger partial charge on any atom is 0.192 e. The van der Waals surface area contributed by atoms with Gasteiger partial charge in [-0.3, -0.25) is 0 Å². The number of nitrogens with one attached hydrogen (secondary N) is 1. The van der Waals surface area contributed by atoms with Crippen LogP contribution in [0.4, 0.5) is 5.69 Å². The van der Waals surface area contributed by atoms with Gasteiger partial charge in [0.1, 0.15) is 5.52 Å². The molecule has 0 saturated heterocycles. The standard InChI is InChI=1S/C15H12Cl2N2O/c1-9-19-14-7-12(4-5-15(14)20-9)18-8-10-2-3-11(16)6-13(10)17/h2-7,18H,8H2,1H3. The smallest absolute Gasteiger partial charge is 0.192 e. The van der Waals surface area contributed by atoms with Gasteiger partial charge in [0.2, 0.25) is 0 Å². The molecule has 0 amide bonds. The topological polar surface area (TPSA) is 38.1 Å². The van der Waals surface area contributed by atoms with Crippen molar-refractivity contribution in [3.63, 3.8) is 0 Å². The summed E-state index contributed by atoms with van der Waals surface area (Å²) in [5.74, 6) is 0.665. The van der Waals surface area contributed by atoms with E-state index in [0.29, 0.717) is 22.5 Å². The lowest BCUT2D eigenvalue weighted by Crippen LogP contribution is -1.99. The molecule has 1 N–H and O–H groups in total. The lowest BCUT2D eigenvalue weighted by Gasteiger charge is -2.08. The first kappa shape index (κ1) is 13.3. The molecule has 1 heterocycles. The molecule has 5 heteroatoms. The fourth-order valence-electron chi connectivity index (χ4n) is 2.01. The van der Waals surface area contributed by atoms with Crippen molar-refractivity contribution in [1.29, 1.82) is 0 Å². The van der Waals surface area contributed by atoms with Gasteiger partial charge in [0.15, 0.2) is 11.5 Å². The number of benzene rings is 2. The number of rotatable bonds is 3. The van der Waals surface area contributed by atoms with Crippen LogP contribution in [0.3, 0.4) is 0 Å². The van der Waals surface area contributed by atoms with Gasteiger partial charge in [0.05, 0.1) is 0 Å². The largest absolute Gasteiger partial charge is 0.441 e. The Labute approximate surface area is 126 Å². The van der Waals surface area contributed by atoms with Crippen LogP contribution in [0, 0.1) is 6.92 Å². The summed E-state index contributed by atoms with van der Waals surface area (Å²) in [4.78, 5) is 4.31. The predicted molar refractivity (Wildman–Crippen MR) is 82.5 cm³/mol. The average molecular weight is 307 g/mol. The molecule has 2 aromatic carbocycles. The summed E-state index contributed by atoms with van der Waals surface area (Å²) in [5, 5.41) is 4.61. The van der Waals surface area contributed by atoms with Crippen molar-refractivity contribution in [2.45, 2.75) is 13.5 Å². The molecule has 20 heavy (non-hydrogen) atoms. The van der Waals surface area contributed by atoms with E-state index in [1.54, 1.807) is 6.07 Å². The van der Waals surface area contributed by atoms with Crippen LogP contribution in [0.2, 0.25) is 10.0 Å². The van der Waals surface area contributed by atoms with E-state index in [9.17, 15) is 0 Å². The Kier molecular flexibility index (Phi) is 3.55. The van der Waals surface area contributed by atoms with Crippen molar-refractivity contribution in [2.24, 2.45) is 0 Å². The minimum Gasteiger partial charge on any atom is -0.441 e. The molecule has 0 aliphatic carbocycles. The second-order valence-corrected chi connectivity index (χ2v) is 5.35. The number of halogens is 2. The highest BCUT2D eigenvalue weighted by molar-refractivity contribution is 6.35. The van der Waals surface area contributed by atoms with Gasteiger partial charge in [-0.05, 0) is 35.9 Å². The Balaban J connectivity index is 1.79. The van der Waals surface area contributed by atoms with E-state index in [-0.39, 0.29) is 0 Å². The fourth-order valence-corrected chi connectivity index (χ4v) is 2.49. The highest BCUT2D eigenvalue weighted by Gasteiger charge is 2.04. The molecule has 1 aromatic heterocycles. The number of aryl methyl sites for hydroxylation is 1. The van der Waals surface area contributed by atoms with Gasteiger partial charge < -0.3 is 9.73 Å². The number of oxazole rings is 1. The second kappa shape index (κ2) is 5.35. The number of anilines is 1. The van der Waals surface area contributed by atoms with Gasteiger partial charge in [0.25, 0.3) is 0 Å². The van der Waals surface area contributed by atoms with Crippen LogP contribution in [0.5, 0.6) is 0 Å². The molecule has 0 spiro atoms. The molecule has 3 rings (SSSR count). The van der Waals surface area contributed by atoms with Crippen LogP contribution in [-0.4, -0.2) is 4.98 Å². The molecular weight excluding hydrogens is 295 g/mol. The molecule has 3 aromatic rings. The Morgan fingerprint density at radius 3 is 2.80 bits per heavy atom. The van der Waals surface area contributed by atoms with Crippen molar-refractivity contribution in [3.8, 4) is 0 Å². The summed E-state index contributed by atoms with van der Waals surface area (Å²) in [5.41, 5.74) is 3.59. The third kappa shape index (κ3) is 2.74. The van der Waals surface area contributed by atoms with Crippen molar-refractivity contribution in [3.05, 3.63) is 57.9 Å². The van der Waals surface area contributed by atoms with Gasteiger partial charge in [-0.2, -0.15) is 0 Å². The van der Waals surface area contributed by atoms with Gasteiger partial charge >= 0.3 is 0 Å². The quantitative estimate of drug-likeness (QED) is 0.735. The lowest BCUT2D eigenvalue weighted by molar-refractivity contribution is 0.561. The van der Waals surface area contributed by atoms with E-state index >= 15 is 0 Å². The highest BCUT2D eigenvalue weighted by atomic mass is 35.5. The number of hydrogen-bond donors (Lipinski definition) is 1. The third-order valence-electron chi connectivity index (χ3n) is 2.99. The molecule has 0 bridgehead atoms. The summed E-state index contributed by atoms with van der Waals surface area (Å²) in [6.45, 7) is 2.46. The van der Waals surface area contributed by atoms with Crippen LogP contribution in [0.1, 0.15) is 11.5 Å². The van der Waals surface area contributed by atoms with Crippen LogP contribution in [0.25, 0.3) is 11.1 Å². The molecule has 0 unspecified atom stereocenters. The van der Waals surface area contributed by atoms with Crippen molar-refractivity contribution in [2.75, 3.05) is 5.32 Å². The van der Waals surface area contributed by atoms with Crippen molar-refractivity contribution in [1.82, 2.24) is 4.98 Å². The van der Waals surface area contributed by atoms with E-state index in [4.69, 9.17) is 27.6 Å². The molecule has 0 aliphatic rings. The molecule has 0 radical (unpaired) electrons. The normalized spacial score (nSPS) is 10.9. The Morgan fingerprint density at radius 1 is 1.15 bits per heavy atom. The summed E-state index contributed by atoms with van der Waals surface area (Å²) in [7, 11) is 0. The van der Waals surface area contributed by atoms with Gasteiger partial charge in [-0.15, -0.1) is 0 Å². The highest BCUT2D eigenvalue weighted by Crippen LogP contribution is 2.23. The zero-order valence-corrected chi connectivity index (χ0v) is 12.3. The van der Waals surface area contributed by atoms with E-state index in [0.717, 1.165) is 22.4 Å². The molecule has 0 saturated carbocycles. The number of aromatic nitrogens is 1. The first-order valence-corrected chi connectivity index (χ1v) is 6.92. The Bertz CT molecular complexity index is 768. The lowest BCUT2D eigenvalue weighted by atomic mass is 10.2. The van der Waals surface area contributed by atoms with Crippen LogP contribution in [0.15, 0.2) is 40.8 Å². The minimum absolute atomic E-state index is 0.623. The van der Waals surface area contributed by atoms with Crippen LogP contribution < -0.4 is 5.32 Å². The molecule has 3 nitrogen and oxygen atoms in total. The maximum atomic E-state index is 6.14. The molecule has 0 aliphatic heterocycles. The second-order valence-electron chi connectivity index (χ2n) is 4.50. The fraction of sp³-hybridized carbons (Fsp3) is 0.133. The van der Waals surface area contributed by atoms with Crippen molar-refractivity contribution < 1.29 is 4.42 Å². The molecule has 0 atom stereocenters. The maximum absolute atomic E-state index is 6.14. The first-order valence-electron chi connectivity index (χ1n) is 6.17. The number of hydrogen-bond acceptors (Lipinski definition) is 3. The summed E-state index contributed by atoms with van der Waals surface area (Å²) >= 11 is 12.0. The SMILES string of the molecule is Cc1nc2cc(NCc3ccc(Cl)cc3Cl)ccc2o1. The number of fused-ring (bicyclic) bond motifs is 1.